The fourth-order valence-electron chi connectivity index (χ4n) is 1.60. The molecular formula is C13H23ClO2. The summed E-state index contributed by atoms with van der Waals surface area (Å²) in [6, 6.07) is 0. The number of halogens is 1. The van der Waals surface area contributed by atoms with Gasteiger partial charge in [0.05, 0.1) is 6.61 Å². The average Bonchev–Trinajstić information content (AvgIpc) is 2.25. The van der Waals surface area contributed by atoms with Crippen LogP contribution >= 0.6 is 11.6 Å². The quantitative estimate of drug-likeness (QED) is 0.289. The topological polar surface area (TPSA) is 26.3 Å². The summed E-state index contributed by atoms with van der Waals surface area (Å²) in [5, 5.41) is 0. The first-order valence-corrected chi connectivity index (χ1v) is 6.58. The van der Waals surface area contributed by atoms with Gasteiger partial charge in [-0.3, -0.25) is 0 Å². The van der Waals surface area contributed by atoms with Gasteiger partial charge in [-0.25, -0.2) is 4.79 Å². The Hall–Kier alpha value is -0.500. The van der Waals surface area contributed by atoms with E-state index in [2.05, 4.69) is 11.3 Å². The minimum absolute atomic E-state index is 0.460. The summed E-state index contributed by atoms with van der Waals surface area (Å²) in [7, 11) is 0. The van der Waals surface area contributed by atoms with Gasteiger partial charge in [0.15, 0.2) is 0 Å². The van der Waals surface area contributed by atoms with E-state index in [1.807, 2.05) is 6.08 Å². The molecule has 0 unspecified atom stereocenters. The molecule has 0 heterocycles. The van der Waals surface area contributed by atoms with Crippen LogP contribution in [-0.4, -0.2) is 12.0 Å². The molecule has 0 aliphatic heterocycles. The van der Waals surface area contributed by atoms with Gasteiger partial charge in [-0.2, -0.15) is 0 Å². The summed E-state index contributed by atoms with van der Waals surface area (Å²) < 4.78 is 4.63. The maximum absolute atomic E-state index is 10.2. The number of rotatable bonds is 11. The van der Waals surface area contributed by atoms with Crippen molar-refractivity contribution in [3.8, 4) is 0 Å². The Kier molecular flexibility index (Phi) is 12.2. The Bertz CT molecular complexity index is 181. The van der Waals surface area contributed by atoms with Crippen LogP contribution < -0.4 is 0 Å². The lowest BCUT2D eigenvalue weighted by molar-refractivity contribution is 0.170. The van der Waals surface area contributed by atoms with Crippen molar-refractivity contribution in [2.75, 3.05) is 6.61 Å². The lowest BCUT2D eigenvalue weighted by atomic mass is 10.1. The van der Waals surface area contributed by atoms with Crippen molar-refractivity contribution in [2.45, 2.75) is 57.8 Å². The van der Waals surface area contributed by atoms with Crippen molar-refractivity contribution in [2.24, 2.45) is 0 Å². The first-order chi connectivity index (χ1) is 7.77. The minimum atomic E-state index is -0.692. The normalized spacial score (nSPS) is 10.1. The molecular weight excluding hydrogens is 224 g/mol. The first kappa shape index (κ1) is 15.5. The standard InChI is InChI=1S/C13H23ClO2/c1-2-3-4-5-6-7-8-9-10-11-12-16-13(14)15/h2H,1,3-12H2. The van der Waals surface area contributed by atoms with Crippen molar-refractivity contribution < 1.29 is 9.53 Å². The van der Waals surface area contributed by atoms with E-state index in [4.69, 9.17) is 11.6 Å². The highest BCUT2D eigenvalue weighted by molar-refractivity contribution is 6.61. The summed E-state index contributed by atoms with van der Waals surface area (Å²) in [6.07, 6.45) is 12.9. The Morgan fingerprint density at radius 1 is 1.00 bits per heavy atom. The van der Waals surface area contributed by atoms with E-state index in [-0.39, 0.29) is 0 Å². The third kappa shape index (κ3) is 13.5. The molecule has 2 nitrogen and oxygen atoms in total. The fourth-order valence-corrected chi connectivity index (χ4v) is 1.68. The van der Waals surface area contributed by atoms with Crippen LogP contribution in [0.1, 0.15) is 57.8 Å². The number of allylic oxidation sites excluding steroid dienone is 1. The summed E-state index contributed by atoms with van der Waals surface area (Å²) in [5.74, 6) is 0. The van der Waals surface area contributed by atoms with Crippen LogP contribution in [0.5, 0.6) is 0 Å². The van der Waals surface area contributed by atoms with Gasteiger partial charge >= 0.3 is 5.43 Å². The maximum atomic E-state index is 10.2. The average molecular weight is 247 g/mol. The molecule has 94 valence electrons. The van der Waals surface area contributed by atoms with E-state index in [0.29, 0.717) is 6.61 Å². The van der Waals surface area contributed by atoms with E-state index >= 15 is 0 Å². The summed E-state index contributed by atoms with van der Waals surface area (Å²) >= 11 is 5.03. The predicted molar refractivity (Wildman–Crippen MR) is 69.0 cm³/mol. The third-order valence-electron chi connectivity index (χ3n) is 2.52. The van der Waals surface area contributed by atoms with Crippen LogP contribution in [0.4, 0.5) is 4.79 Å². The molecule has 0 atom stereocenters. The van der Waals surface area contributed by atoms with Crippen molar-refractivity contribution in [3.63, 3.8) is 0 Å². The highest BCUT2D eigenvalue weighted by atomic mass is 35.5. The van der Waals surface area contributed by atoms with Crippen molar-refractivity contribution in [1.82, 2.24) is 0 Å². The second-order valence-electron chi connectivity index (χ2n) is 3.99. The molecule has 0 aliphatic carbocycles. The molecule has 0 radical (unpaired) electrons. The minimum Gasteiger partial charge on any atom is -0.454 e. The molecule has 0 bridgehead atoms. The lowest BCUT2D eigenvalue weighted by Crippen LogP contribution is -1.96. The highest BCUT2D eigenvalue weighted by Crippen LogP contribution is 2.09. The van der Waals surface area contributed by atoms with Crippen LogP contribution in [0.25, 0.3) is 0 Å². The SMILES string of the molecule is C=CCCCCCCCCCCOC(=O)Cl. The number of carbonyl (C=O) groups is 1. The molecule has 0 rings (SSSR count). The Morgan fingerprint density at radius 2 is 1.50 bits per heavy atom. The van der Waals surface area contributed by atoms with Crippen LogP contribution in [-0.2, 0) is 4.74 Å². The molecule has 0 aromatic heterocycles. The lowest BCUT2D eigenvalue weighted by Gasteiger charge is -2.02. The van der Waals surface area contributed by atoms with Gasteiger partial charge < -0.3 is 4.74 Å². The van der Waals surface area contributed by atoms with Gasteiger partial charge in [0, 0.05) is 11.6 Å². The maximum Gasteiger partial charge on any atom is 0.403 e. The first-order valence-electron chi connectivity index (χ1n) is 6.20. The van der Waals surface area contributed by atoms with E-state index < -0.39 is 5.43 Å². The predicted octanol–water partition coefficient (Wildman–Crippen LogP) is 5.06. The molecule has 0 aromatic rings. The van der Waals surface area contributed by atoms with Crippen molar-refractivity contribution in [1.29, 1.82) is 0 Å². The number of hydrogen-bond donors (Lipinski definition) is 0. The molecule has 0 aromatic carbocycles. The van der Waals surface area contributed by atoms with Crippen LogP contribution in [0.3, 0.4) is 0 Å². The zero-order chi connectivity index (χ0) is 12.1. The molecule has 16 heavy (non-hydrogen) atoms. The van der Waals surface area contributed by atoms with Gasteiger partial charge in [0.25, 0.3) is 0 Å². The molecule has 0 saturated heterocycles. The van der Waals surface area contributed by atoms with Crippen LogP contribution in [0.2, 0.25) is 0 Å². The van der Waals surface area contributed by atoms with Crippen LogP contribution in [0, 0.1) is 0 Å². The second kappa shape index (κ2) is 12.6. The van der Waals surface area contributed by atoms with Gasteiger partial charge in [-0.05, 0) is 19.3 Å². The molecule has 3 heteroatoms. The van der Waals surface area contributed by atoms with E-state index in [9.17, 15) is 4.79 Å². The van der Waals surface area contributed by atoms with Crippen LogP contribution in [0.15, 0.2) is 12.7 Å². The monoisotopic (exact) mass is 246 g/mol. The molecule has 0 saturated carbocycles. The second-order valence-corrected chi connectivity index (χ2v) is 4.30. The number of hydrogen-bond acceptors (Lipinski definition) is 2. The smallest absolute Gasteiger partial charge is 0.403 e. The third-order valence-corrected chi connectivity index (χ3v) is 2.63. The molecule has 0 N–H and O–H groups in total. The highest BCUT2D eigenvalue weighted by Gasteiger charge is 1.95. The van der Waals surface area contributed by atoms with Crippen molar-refractivity contribution in [3.05, 3.63) is 12.7 Å². The number of ether oxygens (including phenoxy) is 1. The molecule has 0 aliphatic rings. The fraction of sp³-hybridized carbons (Fsp3) is 0.769. The van der Waals surface area contributed by atoms with E-state index in [1.54, 1.807) is 0 Å². The van der Waals surface area contributed by atoms with E-state index in [1.165, 1.54) is 38.5 Å². The van der Waals surface area contributed by atoms with Crippen molar-refractivity contribution >= 4 is 17.0 Å². The summed E-state index contributed by atoms with van der Waals surface area (Å²) in [4.78, 5) is 10.2. The molecule has 0 amide bonds. The Morgan fingerprint density at radius 3 is 2.00 bits per heavy atom. The van der Waals surface area contributed by atoms with Gasteiger partial charge in [-0.1, -0.05) is 44.6 Å². The molecule has 0 spiro atoms. The zero-order valence-corrected chi connectivity index (χ0v) is 10.8. The Balaban J connectivity index is 2.93. The number of carbonyl (C=O) groups excluding carboxylic acids is 1. The Labute approximate surface area is 104 Å². The zero-order valence-electron chi connectivity index (χ0n) is 10.0. The molecule has 0 fully saturated rings. The van der Waals surface area contributed by atoms with Gasteiger partial charge in [0.2, 0.25) is 0 Å². The van der Waals surface area contributed by atoms with Gasteiger partial charge in [0.1, 0.15) is 0 Å². The van der Waals surface area contributed by atoms with E-state index in [0.717, 1.165) is 19.3 Å². The largest absolute Gasteiger partial charge is 0.454 e. The summed E-state index contributed by atoms with van der Waals surface area (Å²) in [5.41, 5.74) is -0.692. The van der Waals surface area contributed by atoms with Gasteiger partial charge in [-0.15, -0.1) is 6.58 Å². The summed E-state index contributed by atoms with van der Waals surface area (Å²) in [6.45, 7) is 4.16. The number of unbranched alkanes of at least 4 members (excludes halogenated alkanes) is 8.